The van der Waals surface area contributed by atoms with Gasteiger partial charge in [0, 0.05) is 11.1 Å². The first kappa shape index (κ1) is 14.6. The van der Waals surface area contributed by atoms with Crippen LogP contribution in [0.2, 0.25) is 10.0 Å². The van der Waals surface area contributed by atoms with Gasteiger partial charge in [-0.15, -0.1) is 0 Å². The van der Waals surface area contributed by atoms with E-state index in [0.29, 0.717) is 16.7 Å². The average Bonchev–Trinajstić information content (AvgIpc) is 2.27. The fourth-order valence-corrected chi connectivity index (χ4v) is 2.15. The number of ether oxygens (including phenoxy) is 1. The van der Waals surface area contributed by atoms with Crippen LogP contribution in [0.5, 0.6) is 5.75 Å². The van der Waals surface area contributed by atoms with Crippen LogP contribution < -0.4 is 10.5 Å². The molecule has 96 valence electrons. The van der Waals surface area contributed by atoms with Gasteiger partial charge in [-0.25, -0.2) is 0 Å². The van der Waals surface area contributed by atoms with Crippen molar-refractivity contribution in [2.24, 2.45) is 5.73 Å². The van der Waals surface area contributed by atoms with Crippen LogP contribution in [-0.2, 0) is 6.42 Å². The van der Waals surface area contributed by atoms with Crippen molar-refractivity contribution in [2.45, 2.75) is 39.2 Å². The van der Waals surface area contributed by atoms with Crippen molar-refractivity contribution in [3.05, 3.63) is 27.7 Å². The second kappa shape index (κ2) is 7.10. The first-order valence-corrected chi connectivity index (χ1v) is 6.70. The van der Waals surface area contributed by atoms with Crippen LogP contribution in [-0.4, -0.2) is 12.6 Å². The van der Waals surface area contributed by atoms with Crippen molar-refractivity contribution in [1.82, 2.24) is 0 Å². The second-order valence-electron chi connectivity index (χ2n) is 4.10. The molecule has 0 heterocycles. The first-order valence-electron chi connectivity index (χ1n) is 5.94. The molecular weight excluding hydrogens is 257 g/mol. The average molecular weight is 276 g/mol. The van der Waals surface area contributed by atoms with Crippen LogP contribution in [0.25, 0.3) is 0 Å². The highest BCUT2D eigenvalue weighted by Crippen LogP contribution is 2.33. The van der Waals surface area contributed by atoms with Crippen molar-refractivity contribution < 1.29 is 4.74 Å². The summed E-state index contributed by atoms with van der Waals surface area (Å²) in [6.45, 7) is 4.76. The Balaban J connectivity index is 2.97. The van der Waals surface area contributed by atoms with Crippen LogP contribution >= 0.6 is 23.2 Å². The van der Waals surface area contributed by atoms with E-state index in [1.165, 1.54) is 0 Å². The molecule has 0 fully saturated rings. The highest BCUT2D eigenvalue weighted by Gasteiger charge is 2.13. The van der Waals surface area contributed by atoms with E-state index in [4.69, 9.17) is 33.7 Å². The quantitative estimate of drug-likeness (QED) is 0.850. The molecule has 0 amide bonds. The molecule has 2 nitrogen and oxygen atoms in total. The monoisotopic (exact) mass is 275 g/mol. The van der Waals surface area contributed by atoms with E-state index < -0.39 is 0 Å². The smallest absolute Gasteiger partial charge is 0.141 e. The number of halogens is 2. The van der Waals surface area contributed by atoms with Crippen molar-refractivity contribution in [2.75, 3.05) is 6.61 Å². The third-order valence-electron chi connectivity index (χ3n) is 2.54. The maximum atomic E-state index is 6.15. The van der Waals surface area contributed by atoms with Gasteiger partial charge in [-0.3, -0.25) is 0 Å². The topological polar surface area (TPSA) is 35.2 Å². The van der Waals surface area contributed by atoms with Crippen LogP contribution in [0, 0.1) is 0 Å². The summed E-state index contributed by atoms with van der Waals surface area (Å²) < 4.78 is 5.67. The Hall–Kier alpha value is -0.440. The lowest BCUT2D eigenvalue weighted by Crippen LogP contribution is -2.21. The zero-order valence-electron chi connectivity index (χ0n) is 10.3. The third kappa shape index (κ3) is 4.38. The van der Waals surface area contributed by atoms with Crippen LogP contribution in [0.15, 0.2) is 12.1 Å². The molecule has 0 aliphatic carbocycles. The molecule has 4 heteroatoms. The molecule has 0 spiro atoms. The molecule has 1 atom stereocenters. The molecule has 1 rings (SSSR count). The zero-order valence-corrected chi connectivity index (χ0v) is 11.8. The van der Waals surface area contributed by atoms with Crippen molar-refractivity contribution >= 4 is 23.2 Å². The lowest BCUT2D eigenvalue weighted by Gasteiger charge is -2.16. The number of hydrogen-bond donors (Lipinski definition) is 1. The van der Waals surface area contributed by atoms with Gasteiger partial charge in [-0.2, -0.15) is 0 Å². The van der Waals surface area contributed by atoms with E-state index in [1.54, 1.807) is 6.07 Å². The third-order valence-corrected chi connectivity index (χ3v) is 3.04. The summed E-state index contributed by atoms with van der Waals surface area (Å²) in [4.78, 5) is 0. The normalized spacial score (nSPS) is 12.5. The first-order chi connectivity index (χ1) is 8.08. The molecule has 0 saturated heterocycles. The van der Waals surface area contributed by atoms with E-state index >= 15 is 0 Å². The molecule has 1 unspecified atom stereocenters. The summed E-state index contributed by atoms with van der Waals surface area (Å²) >= 11 is 12.1. The van der Waals surface area contributed by atoms with Crippen molar-refractivity contribution in [3.63, 3.8) is 0 Å². The molecule has 1 aromatic carbocycles. The Morgan fingerprint density at radius 2 is 2.00 bits per heavy atom. The van der Waals surface area contributed by atoms with Gasteiger partial charge in [0.15, 0.2) is 0 Å². The predicted octanol–water partition coefficient (Wildman–Crippen LogP) is 4.06. The Kier molecular flexibility index (Phi) is 6.10. The van der Waals surface area contributed by atoms with Gasteiger partial charge in [0.1, 0.15) is 5.75 Å². The van der Waals surface area contributed by atoms with Crippen LogP contribution in [0.4, 0.5) is 0 Å². The molecule has 0 aliphatic heterocycles. The minimum Gasteiger partial charge on any atom is -0.492 e. The summed E-state index contributed by atoms with van der Waals surface area (Å²) in [6.07, 6.45) is 2.59. The molecule has 2 N–H and O–H groups in total. The largest absolute Gasteiger partial charge is 0.492 e. The van der Waals surface area contributed by atoms with Gasteiger partial charge >= 0.3 is 0 Å². The van der Waals surface area contributed by atoms with Gasteiger partial charge in [0.25, 0.3) is 0 Å². The predicted molar refractivity (Wildman–Crippen MR) is 74.2 cm³/mol. The number of nitrogens with two attached hydrogens (primary N) is 1. The summed E-state index contributed by atoms with van der Waals surface area (Å²) in [5.41, 5.74) is 6.95. The Labute approximate surface area is 113 Å². The van der Waals surface area contributed by atoms with E-state index in [2.05, 4.69) is 13.8 Å². The van der Waals surface area contributed by atoms with E-state index in [1.807, 2.05) is 6.07 Å². The summed E-state index contributed by atoms with van der Waals surface area (Å²) in [7, 11) is 0. The fourth-order valence-electron chi connectivity index (χ4n) is 1.56. The van der Waals surface area contributed by atoms with Gasteiger partial charge in [0.2, 0.25) is 0 Å². The Bertz CT molecular complexity index is 369. The van der Waals surface area contributed by atoms with Crippen molar-refractivity contribution in [3.8, 4) is 5.75 Å². The molecule has 17 heavy (non-hydrogen) atoms. The lowest BCUT2D eigenvalue weighted by molar-refractivity contribution is 0.313. The van der Waals surface area contributed by atoms with E-state index in [0.717, 1.165) is 30.6 Å². The Morgan fingerprint density at radius 3 is 2.59 bits per heavy atom. The van der Waals surface area contributed by atoms with Gasteiger partial charge in [-0.05, 0) is 37.0 Å². The maximum Gasteiger partial charge on any atom is 0.141 e. The lowest BCUT2D eigenvalue weighted by atomic mass is 10.0. The molecule has 1 aromatic rings. The van der Waals surface area contributed by atoms with Gasteiger partial charge in [0.05, 0.1) is 11.6 Å². The van der Waals surface area contributed by atoms with E-state index in [-0.39, 0.29) is 6.04 Å². The molecule has 0 saturated carbocycles. The summed E-state index contributed by atoms with van der Waals surface area (Å²) in [5.74, 6) is 0.724. The SMILES string of the molecule is CCCOc1c(Cl)cc(Cl)cc1CC(N)CC. The van der Waals surface area contributed by atoms with Crippen LogP contribution in [0.3, 0.4) is 0 Å². The van der Waals surface area contributed by atoms with Gasteiger partial charge < -0.3 is 10.5 Å². The molecule has 0 aromatic heterocycles. The Morgan fingerprint density at radius 1 is 1.29 bits per heavy atom. The van der Waals surface area contributed by atoms with E-state index in [9.17, 15) is 0 Å². The second-order valence-corrected chi connectivity index (χ2v) is 4.94. The summed E-state index contributed by atoms with van der Waals surface area (Å²) in [5, 5.41) is 1.18. The maximum absolute atomic E-state index is 6.15. The number of hydrogen-bond acceptors (Lipinski definition) is 2. The highest BCUT2D eigenvalue weighted by atomic mass is 35.5. The minimum atomic E-state index is 0.105. The summed E-state index contributed by atoms with van der Waals surface area (Å²) in [6, 6.07) is 3.69. The zero-order chi connectivity index (χ0) is 12.8. The standard InChI is InChI=1S/C13H19Cl2NO/c1-3-5-17-13-9(7-11(16)4-2)6-10(14)8-12(13)15/h6,8,11H,3-5,7,16H2,1-2H3. The van der Waals surface area contributed by atoms with Gasteiger partial charge in [-0.1, -0.05) is 37.0 Å². The molecular formula is C13H19Cl2NO. The molecule has 0 bridgehead atoms. The van der Waals surface area contributed by atoms with Crippen LogP contribution in [0.1, 0.15) is 32.3 Å². The fraction of sp³-hybridized carbons (Fsp3) is 0.538. The molecule has 0 radical (unpaired) electrons. The number of benzene rings is 1. The highest BCUT2D eigenvalue weighted by molar-refractivity contribution is 6.35. The number of rotatable bonds is 6. The molecule has 0 aliphatic rings. The van der Waals surface area contributed by atoms with Crippen molar-refractivity contribution in [1.29, 1.82) is 0 Å². The minimum absolute atomic E-state index is 0.105.